The van der Waals surface area contributed by atoms with Gasteiger partial charge < -0.3 is 19.8 Å². The zero-order valence-electron chi connectivity index (χ0n) is 14.5. The first-order valence-electron chi connectivity index (χ1n) is 7.96. The lowest BCUT2D eigenvalue weighted by Gasteiger charge is -2.13. The molecule has 132 valence electrons. The fourth-order valence-corrected chi connectivity index (χ4v) is 1.89. The first kappa shape index (κ1) is 20.2. The topological polar surface area (TPSA) is 71.7 Å². The van der Waals surface area contributed by atoms with Gasteiger partial charge in [0.1, 0.15) is 5.76 Å². The van der Waals surface area contributed by atoms with Crippen LogP contribution in [0.15, 0.2) is 15.6 Å². The van der Waals surface area contributed by atoms with Crippen LogP contribution in [-0.2, 0) is 16.7 Å². The highest BCUT2D eigenvalue weighted by Crippen LogP contribution is 2.28. The van der Waals surface area contributed by atoms with Crippen molar-refractivity contribution in [2.75, 3.05) is 26.8 Å². The number of hydrogen-bond donors (Lipinski definition) is 2. The maximum Gasteiger partial charge on any atom is 0.213 e. The van der Waals surface area contributed by atoms with Crippen LogP contribution in [0, 0.1) is 5.92 Å². The second kappa shape index (κ2) is 9.46. The predicted molar refractivity (Wildman–Crippen MR) is 102 cm³/mol. The van der Waals surface area contributed by atoms with Crippen molar-refractivity contribution >= 4 is 29.9 Å². The highest BCUT2D eigenvalue weighted by atomic mass is 127. The second-order valence-corrected chi connectivity index (χ2v) is 6.74. The van der Waals surface area contributed by atoms with Crippen molar-refractivity contribution in [2.24, 2.45) is 10.9 Å². The van der Waals surface area contributed by atoms with Crippen LogP contribution in [0.3, 0.4) is 0 Å². The molecule has 0 radical (unpaired) electrons. The average Bonchev–Trinajstić information content (AvgIpc) is 3.15. The van der Waals surface area contributed by atoms with Crippen molar-refractivity contribution in [3.8, 4) is 0 Å². The number of aromatic nitrogens is 1. The molecular formula is C16H29IN4O2. The van der Waals surface area contributed by atoms with Crippen LogP contribution in [0.5, 0.6) is 0 Å². The fourth-order valence-electron chi connectivity index (χ4n) is 1.89. The molecule has 0 amide bonds. The van der Waals surface area contributed by atoms with Crippen molar-refractivity contribution in [1.29, 1.82) is 0 Å². The Morgan fingerprint density at radius 3 is 2.70 bits per heavy atom. The summed E-state index contributed by atoms with van der Waals surface area (Å²) < 4.78 is 11.3. The summed E-state index contributed by atoms with van der Waals surface area (Å²) in [5.74, 6) is 3.09. The molecule has 6 nitrogen and oxygen atoms in total. The lowest BCUT2D eigenvalue weighted by atomic mass is 9.94. The van der Waals surface area contributed by atoms with Gasteiger partial charge in [0.05, 0.1) is 19.3 Å². The van der Waals surface area contributed by atoms with Crippen LogP contribution in [0.1, 0.15) is 45.3 Å². The third kappa shape index (κ3) is 7.52. The molecule has 1 aliphatic carbocycles. The van der Waals surface area contributed by atoms with Crippen molar-refractivity contribution in [1.82, 2.24) is 15.6 Å². The maximum atomic E-state index is 5.74. The maximum absolute atomic E-state index is 5.74. The Labute approximate surface area is 155 Å². The molecule has 1 aliphatic rings. The van der Waals surface area contributed by atoms with Gasteiger partial charge in [0, 0.05) is 25.6 Å². The van der Waals surface area contributed by atoms with Crippen molar-refractivity contribution in [2.45, 2.75) is 45.6 Å². The second-order valence-electron chi connectivity index (χ2n) is 6.74. The molecule has 7 heteroatoms. The van der Waals surface area contributed by atoms with Gasteiger partial charge in [0.25, 0.3) is 0 Å². The highest BCUT2D eigenvalue weighted by molar-refractivity contribution is 14.0. The monoisotopic (exact) mass is 436 g/mol. The fraction of sp³-hybridized carbons (Fsp3) is 0.750. The number of halogens is 1. The summed E-state index contributed by atoms with van der Waals surface area (Å²) in [6.07, 6.45) is 4.44. The van der Waals surface area contributed by atoms with E-state index in [-0.39, 0.29) is 29.4 Å². The number of aliphatic imine (C=N–C) groups is 1. The first-order chi connectivity index (χ1) is 10.5. The summed E-state index contributed by atoms with van der Waals surface area (Å²) in [7, 11) is 1.75. The van der Waals surface area contributed by atoms with Gasteiger partial charge in [-0.25, -0.2) is 4.98 Å². The van der Waals surface area contributed by atoms with E-state index in [4.69, 9.17) is 9.15 Å². The Morgan fingerprint density at radius 2 is 2.13 bits per heavy atom. The van der Waals surface area contributed by atoms with E-state index >= 15 is 0 Å². The van der Waals surface area contributed by atoms with Crippen LogP contribution >= 0.6 is 24.0 Å². The molecule has 0 aromatic carbocycles. The Kier molecular flexibility index (Phi) is 8.32. The quantitative estimate of drug-likeness (QED) is 0.298. The van der Waals surface area contributed by atoms with E-state index in [0.717, 1.165) is 30.8 Å². The third-order valence-electron chi connectivity index (χ3n) is 3.51. The molecule has 1 fully saturated rings. The molecule has 0 atom stereocenters. The summed E-state index contributed by atoms with van der Waals surface area (Å²) in [4.78, 5) is 8.46. The van der Waals surface area contributed by atoms with E-state index in [0.29, 0.717) is 19.0 Å². The molecule has 2 rings (SSSR count). The molecule has 0 unspecified atom stereocenters. The van der Waals surface area contributed by atoms with Crippen LogP contribution in [-0.4, -0.2) is 37.7 Å². The minimum absolute atomic E-state index is 0. The molecule has 2 N–H and O–H groups in total. The van der Waals surface area contributed by atoms with Gasteiger partial charge in [0.2, 0.25) is 5.89 Å². The standard InChI is InChI=1S/C16H28N4O2.HI/c1-16(2,3)13-9-19-14(22-13)10-20-15(17-4)18-7-8-21-11-12-5-6-12;/h9,12H,5-8,10-11H2,1-4H3,(H2,17,18,20);1H. The molecule has 0 aliphatic heterocycles. The molecule has 1 aromatic rings. The van der Waals surface area contributed by atoms with Gasteiger partial charge >= 0.3 is 0 Å². The van der Waals surface area contributed by atoms with Crippen LogP contribution in [0.25, 0.3) is 0 Å². The van der Waals surface area contributed by atoms with E-state index in [9.17, 15) is 0 Å². The van der Waals surface area contributed by atoms with Gasteiger partial charge in [-0.2, -0.15) is 0 Å². The van der Waals surface area contributed by atoms with Crippen molar-refractivity contribution in [3.05, 3.63) is 17.8 Å². The van der Waals surface area contributed by atoms with Crippen LogP contribution in [0.2, 0.25) is 0 Å². The molecule has 1 aromatic heterocycles. The first-order valence-corrected chi connectivity index (χ1v) is 7.96. The number of hydrogen-bond acceptors (Lipinski definition) is 4. The van der Waals surface area contributed by atoms with Gasteiger partial charge in [-0.3, -0.25) is 4.99 Å². The zero-order valence-corrected chi connectivity index (χ0v) is 16.8. The smallest absolute Gasteiger partial charge is 0.213 e. The van der Waals surface area contributed by atoms with Crippen molar-refractivity contribution in [3.63, 3.8) is 0 Å². The van der Waals surface area contributed by atoms with Crippen LogP contribution < -0.4 is 10.6 Å². The Morgan fingerprint density at radius 1 is 1.39 bits per heavy atom. The lowest BCUT2D eigenvalue weighted by Crippen LogP contribution is -2.38. The molecule has 0 bridgehead atoms. The van der Waals surface area contributed by atoms with E-state index in [1.807, 2.05) is 0 Å². The summed E-state index contributed by atoms with van der Waals surface area (Å²) >= 11 is 0. The lowest BCUT2D eigenvalue weighted by molar-refractivity contribution is 0.129. The SMILES string of the molecule is CN=C(NCCOCC1CC1)NCc1ncc(C(C)(C)C)o1.I. The zero-order chi connectivity index (χ0) is 16.0. The number of rotatable bonds is 7. The van der Waals surface area contributed by atoms with E-state index in [1.54, 1.807) is 13.2 Å². The summed E-state index contributed by atoms with van der Waals surface area (Å²) in [6.45, 7) is 9.15. The number of oxazole rings is 1. The Bertz CT molecular complexity index is 493. The van der Waals surface area contributed by atoms with E-state index in [1.165, 1.54) is 12.8 Å². The summed E-state index contributed by atoms with van der Waals surface area (Å²) in [5.41, 5.74) is -0.0237. The molecule has 23 heavy (non-hydrogen) atoms. The third-order valence-corrected chi connectivity index (χ3v) is 3.51. The Balaban J connectivity index is 0.00000264. The van der Waals surface area contributed by atoms with E-state index in [2.05, 4.69) is 41.4 Å². The Hall–Kier alpha value is -0.830. The van der Waals surface area contributed by atoms with Gasteiger partial charge in [-0.05, 0) is 18.8 Å². The van der Waals surface area contributed by atoms with Gasteiger partial charge in [-0.15, -0.1) is 24.0 Å². The summed E-state index contributed by atoms with van der Waals surface area (Å²) in [6, 6.07) is 0. The number of nitrogens with zero attached hydrogens (tertiary/aromatic N) is 2. The van der Waals surface area contributed by atoms with Crippen LogP contribution in [0.4, 0.5) is 0 Å². The minimum Gasteiger partial charge on any atom is -0.443 e. The molecule has 1 heterocycles. The molecule has 1 saturated carbocycles. The summed E-state index contributed by atoms with van der Waals surface area (Å²) in [5, 5.41) is 6.40. The van der Waals surface area contributed by atoms with E-state index < -0.39 is 0 Å². The molecular weight excluding hydrogens is 407 g/mol. The highest BCUT2D eigenvalue weighted by Gasteiger charge is 2.21. The van der Waals surface area contributed by atoms with Gasteiger partial charge in [-0.1, -0.05) is 20.8 Å². The minimum atomic E-state index is -0.0237. The normalized spacial score (nSPS) is 15.2. The predicted octanol–water partition coefficient (Wildman–Crippen LogP) is 2.68. The van der Waals surface area contributed by atoms with Crippen molar-refractivity contribution < 1.29 is 9.15 Å². The number of nitrogens with one attached hydrogen (secondary N) is 2. The number of ether oxygens (including phenoxy) is 1. The van der Waals surface area contributed by atoms with Gasteiger partial charge in [0.15, 0.2) is 5.96 Å². The molecule has 0 spiro atoms. The largest absolute Gasteiger partial charge is 0.443 e. The molecule has 0 saturated heterocycles. The number of guanidine groups is 1. The average molecular weight is 436 g/mol.